The highest BCUT2D eigenvalue weighted by atomic mass is 32.2. The lowest BCUT2D eigenvalue weighted by Crippen LogP contribution is -2.40. The van der Waals surface area contributed by atoms with Crippen molar-refractivity contribution in [3.8, 4) is 11.9 Å². The molecular formula is C29H30F2N8O3S. The molecule has 2 fully saturated rings. The van der Waals surface area contributed by atoms with Gasteiger partial charge in [0.25, 0.3) is 6.43 Å². The number of anilines is 2. The third-order valence-corrected chi connectivity index (χ3v) is 9.24. The van der Waals surface area contributed by atoms with Crippen LogP contribution in [0.4, 0.5) is 20.5 Å². The maximum absolute atomic E-state index is 14.1. The summed E-state index contributed by atoms with van der Waals surface area (Å²) in [5.41, 5.74) is 1.35. The maximum Gasteiger partial charge on any atom is 0.296 e. The number of sulfonamides is 1. The van der Waals surface area contributed by atoms with Gasteiger partial charge in [-0.15, -0.1) is 0 Å². The molecule has 3 heterocycles. The number of hydrogen-bond donors (Lipinski definition) is 2. The smallest absolute Gasteiger partial charge is 0.296 e. The van der Waals surface area contributed by atoms with Gasteiger partial charge in [0.1, 0.15) is 11.6 Å². The number of nitriles is 1. The minimum absolute atomic E-state index is 0.00921. The van der Waals surface area contributed by atoms with Gasteiger partial charge in [-0.25, -0.2) is 26.9 Å². The van der Waals surface area contributed by atoms with Gasteiger partial charge in [0.2, 0.25) is 16.0 Å². The van der Waals surface area contributed by atoms with Crippen LogP contribution in [0.2, 0.25) is 0 Å². The van der Waals surface area contributed by atoms with E-state index in [0.29, 0.717) is 80.3 Å². The van der Waals surface area contributed by atoms with Gasteiger partial charge < -0.3 is 15.0 Å². The van der Waals surface area contributed by atoms with Crippen LogP contribution in [0.25, 0.3) is 16.9 Å². The molecule has 0 radical (unpaired) electrons. The Morgan fingerprint density at radius 1 is 0.953 bits per heavy atom. The number of hydrogen-bond acceptors (Lipinski definition) is 9. The lowest BCUT2D eigenvalue weighted by molar-refractivity contribution is 0.122. The molecule has 224 valence electrons. The van der Waals surface area contributed by atoms with Crippen molar-refractivity contribution in [1.29, 1.82) is 5.26 Å². The predicted octanol–water partition coefficient (Wildman–Crippen LogP) is 4.16. The summed E-state index contributed by atoms with van der Waals surface area (Å²) in [6.45, 7) is 2.16. The van der Waals surface area contributed by atoms with Crippen molar-refractivity contribution in [1.82, 2.24) is 24.2 Å². The van der Waals surface area contributed by atoms with Crippen molar-refractivity contribution in [3.05, 3.63) is 66.0 Å². The molecule has 0 spiro atoms. The molecule has 0 amide bonds. The van der Waals surface area contributed by atoms with E-state index in [2.05, 4.69) is 15.0 Å². The van der Waals surface area contributed by atoms with Crippen LogP contribution in [-0.4, -0.2) is 66.3 Å². The SMILES string of the molecule is N#Cc1ccc(S(=O)(=O)NC2CCC(Nc3cc(-n4c(C(F)F)nc5ccccc54)nc(N4CCOCC4)n3)CC2)cc1. The second-order valence-corrected chi connectivity index (χ2v) is 12.3. The number of fused-ring (bicyclic) bond motifs is 1. The molecule has 0 bridgehead atoms. The van der Waals surface area contributed by atoms with Gasteiger partial charge in [0.05, 0.1) is 40.8 Å². The Hall–Kier alpha value is -4.19. The number of imidazole rings is 1. The predicted molar refractivity (Wildman–Crippen MR) is 156 cm³/mol. The number of nitrogens with zero attached hydrogens (tertiary/aromatic N) is 6. The van der Waals surface area contributed by atoms with E-state index >= 15 is 0 Å². The van der Waals surface area contributed by atoms with Crippen LogP contribution in [-0.2, 0) is 14.8 Å². The Labute approximate surface area is 247 Å². The van der Waals surface area contributed by atoms with Gasteiger partial charge in [0, 0.05) is 31.2 Å². The molecule has 0 atom stereocenters. The zero-order valence-corrected chi connectivity index (χ0v) is 24.0. The quantitative estimate of drug-likeness (QED) is 0.302. The van der Waals surface area contributed by atoms with Crippen LogP contribution < -0.4 is 14.9 Å². The van der Waals surface area contributed by atoms with E-state index in [1.54, 1.807) is 30.3 Å². The molecule has 2 aromatic heterocycles. The van der Waals surface area contributed by atoms with Crippen molar-refractivity contribution >= 4 is 32.8 Å². The molecule has 4 aromatic rings. The monoisotopic (exact) mass is 608 g/mol. The Kier molecular flexibility index (Phi) is 8.20. The first-order valence-corrected chi connectivity index (χ1v) is 15.6. The largest absolute Gasteiger partial charge is 0.378 e. The normalized spacial score (nSPS) is 19.4. The average Bonchev–Trinajstić information content (AvgIpc) is 3.42. The molecule has 43 heavy (non-hydrogen) atoms. The van der Waals surface area contributed by atoms with E-state index in [0.717, 1.165) is 0 Å². The van der Waals surface area contributed by atoms with E-state index in [4.69, 9.17) is 20.0 Å². The molecule has 1 aliphatic carbocycles. The number of alkyl halides is 2. The molecule has 1 saturated carbocycles. The summed E-state index contributed by atoms with van der Waals surface area (Å²) in [6.07, 6.45) is -0.271. The number of rotatable bonds is 8. The van der Waals surface area contributed by atoms with Crippen LogP contribution in [0.1, 0.15) is 43.5 Å². The number of benzene rings is 2. The second-order valence-electron chi connectivity index (χ2n) is 10.6. The van der Waals surface area contributed by atoms with Crippen molar-refractivity contribution in [3.63, 3.8) is 0 Å². The van der Waals surface area contributed by atoms with Gasteiger partial charge >= 0.3 is 0 Å². The van der Waals surface area contributed by atoms with Crippen LogP contribution in [0, 0.1) is 11.3 Å². The fourth-order valence-electron chi connectivity index (χ4n) is 5.51. The number of para-hydroxylation sites is 2. The van der Waals surface area contributed by atoms with Gasteiger partial charge in [-0.1, -0.05) is 12.1 Å². The van der Waals surface area contributed by atoms with Gasteiger partial charge in [-0.05, 0) is 62.1 Å². The second kappa shape index (κ2) is 12.2. The summed E-state index contributed by atoms with van der Waals surface area (Å²) in [4.78, 5) is 15.7. The third kappa shape index (κ3) is 6.29. The molecule has 1 aliphatic heterocycles. The van der Waals surface area contributed by atoms with E-state index in [-0.39, 0.29) is 22.8 Å². The minimum Gasteiger partial charge on any atom is -0.378 e. The lowest BCUT2D eigenvalue weighted by atomic mass is 9.92. The first-order chi connectivity index (χ1) is 20.8. The van der Waals surface area contributed by atoms with Crippen LogP contribution in [0.3, 0.4) is 0 Å². The Balaban J connectivity index is 1.22. The Morgan fingerprint density at radius 3 is 2.35 bits per heavy atom. The van der Waals surface area contributed by atoms with E-state index in [1.165, 1.54) is 28.8 Å². The summed E-state index contributed by atoms with van der Waals surface area (Å²) in [5.74, 6) is 0.789. The molecule has 2 aliphatic rings. The molecule has 2 aromatic carbocycles. The number of morpholine rings is 1. The fourth-order valence-corrected chi connectivity index (χ4v) is 6.81. The number of aromatic nitrogens is 4. The molecule has 1 saturated heterocycles. The molecule has 6 rings (SSSR count). The van der Waals surface area contributed by atoms with Crippen LogP contribution in [0.15, 0.2) is 59.5 Å². The van der Waals surface area contributed by atoms with E-state index in [1.807, 2.05) is 11.0 Å². The summed E-state index contributed by atoms with van der Waals surface area (Å²) in [6, 6.07) is 16.1. The summed E-state index contributed by atoms with van der Waals surface area (Å²) in [7, 11) is -3.73. The van der Waals surface area contributed by atoms with Crippen LogP contribution >= 0.6 is 0 Å². The van der Waals surface area contributed by atoms with Gasteiger partial charge in [0.15, 0.2) is 5.82 Å². The Bertz CT molecular complexity index is 1740. The highest BCUT2D eigenvalue weighted by Gasteiger charge is 2.28. The molecule has 14 heteroatoms. The topological polar surface area (TPSA) is 138 Å². The average molecular weight is 609 g/mol. The molecular weight excluding hydrogens is 578 g/mol. The van der Waals surface area contributed by atoms with Crippen molar-refractivity contribution < 1.29 is 21.9 Å². The maximum atomic E-state index is 14.1. The van der Waals surface area contributed by atoms with Gasteiger partial charge in [-0.2, -0.15) is 15.2 Å². The molecule has 0 unspecified atom stereocenters. The highest BCUT2D eigenvalue weighted by Crippen LogP contribution is 2.30. The lowest BCUT2D eigenvalue weighted by Gasteiger charge is -2.31. The standard InChI is InChI=1S/C29H30F2N8O3S/c30-27(31)28-34-23-3-1-2-4-24(23)39(28)26-17-25(35-29(36-26)38-13-15-42-16-14-38)33-20-7-9-21(10-8-20)37-43(40,41)22-11-5-19(18-32)6-12-22/h1-6,11-12,17,20-21,27,37H,7-10,13-16H2,(H,33,35,36). The van der Waals surface area contributed by atoms with Crippen molar-refractivity contribution in [2.24, 2.45) is 0 Å². The van der Waals surface area contributed by atoms with Crippen molar-refractivity contribution in [2.45, 2.75) is 49.1 Å². The summed E-state index contributed by atoms with van der Waals surface area (Å²) in [5, 5.41) is 12.4. The highest BCUT2D eigenvalue weighted by molar-refractivity contribution is 7.89. The van der Waals surface area contributed by atoms with Gasteiger partial charge in [-0.3, -0.25) is 4.57 Å². The first kappa shape index (κ1) is 28.9. The minimum atomic E-state index is -3.73. The van der Waals surface area contributed by atoms with E-state index in [9.17, 15) is 17.2 Å². The summed E-state index contributed by atoms with van der Waals surface area (Å²) < 4.78 is 63.7. The van der Waals surface area contributed by atoms with E-state index < -0.39 is 22.3 Å². The fraction of sp³-hybridized carbons (Fsp3) is 0.379. The third-order valence-electron chi connectivity index (χ3n) is 7.70. The zero-order chi connectivity index (χ0) is 30.0. The molecule has 11 nitrogen and oxygen atoms in total. The van der Waals surface area contributed by atoms with Crippen LogP contribution in [0.5, 0.6) is 0 Å². The first-order valence-electron chi connectivity index (χ1n) is 14.1. The number of ether oxygens (including phenoxy) is 1. The Morgan fingerprint density at radius 2 is 1.65 bits per heavy atom. The summed E-state index contributed by atoms with van der Waals surface area (Å²) >= 11 is 0. The zero-order valence-electron chi connectivity index (χ0n) is 23.2. The molecule has 2 N–H and O–H groups in total. The number of nitrogens with one attached hydrogen (secondary N) is 2. The van der Waals surface area contributed by atoms with Crippen molar-refractivity contribution in [2.75, 3.05) is 36.5 Å². The number of halogens is 2.